The van der Waals surface area contributed by atoms with Gasteiger partial charge in [-0.2, -0.15) is 18.2 Å². The zero-order valence-electron chi connectivity index (χ0n) is 16.0. The molecule has 4 nitrogen and oxygen atoms in total. The molecule has 0 aliphatic carbocycles. The zero-order chi connectivity index (χ0) is 22.1. The lowest BCUT2D eigenvalue weighted by Crippen LogP contribution is -2.44. The number of fused-ring (bicyclic) bond motifs is 1. The molecule has 1 atom stereocenters. The normalized spacial score (nSPS) is 14.0. The van der Waals surface area contributed by atoms with E-state index in [4.69, 9.17) is 9.47 Å². The van der Waals surface area contributed by atoms with Gasteiger partial charge in [0.2, 0.25) is 0 Å². The molecule has 30 heavy (non-hydrogen) atoms. The van der Waals surface area contributed by atoms with E-state index in [0.717, 1.165) is 23.5 Å². The summed E-state index contributed by atoms with van der Waals surface area (Å²) in [4.78, 5) is 3.99. The number of ether oxygens (including phenoxy) is 2. The minimum absolute atomic E-state index is 0.0296. The van der Waals surface area contributed by atoms with E-state index in [1.165, 1.54) is 32.2 Å². The first-order valence-corrected chi connectivity index (χ1v) is 9.77. The molecule has 0 saturated carbocycles. The number of rotatable bonds is 7. The third-order valence-electron chi connectivity index (χ3n) is 4.76. The van der Waals surface area contributed by atoms with Gasteiger partial charge in [0.05, 0.1) is 11.8 Å². The van der Waals surface area contributed by atoms with Gasteiger partial charge in [-0.1, -0.05) is 24.3 Å². The van der Waals surface area contributed by atoms with Crippen molar-refractivity contribution in [2.45, 2.75) is 38.0 Å². The second-order valence-corrected chi connectivity index (χ2v) is 7.68. The molecule has 0 saturated heterocycles. The molecule has 1 aromatic heterocycles. The van der Waals surface area contributed by atoms with Gasteiger partial charge in [-0.15, -0.1) is 0 Å². The molecule has 0 bridgehead atoms. The van der Waals surface area contributed by atoms with Crippen LogP contribution in [-0.4, -0.2) is 29.0 Å². The van der Waals surface area contributed by atoms with E-state index in [1.807, 2.05) is 0 Å². The second kappa shape index (κ2) is 8.35. The molecule has 0 radical (unpaired) electrons. The van der Waals surface area contributed by atoms with Crippen LogP contribution in [0, 0.1) is 11.6 Å². The average Bonchev–Trinajstić information content (AvgIpc) is 3.08. The Morgan fingerprint density at radius 3 is 2.47 bits per heavy atom. The van der Waals surface area contributed by atoms with E-state index in [0.29, 0.717) is 5.56 Å². The summed E-state index contributed by atoms with van der Waals surface area (Å²) in [5.74, 6) is -1.11. The van der Waals surface area contributed by atoms with Crippen molar-refractivity contribution in [2.24, 2.45) is 0 Å². The predicted molar refractivity (Wildman–Crippen MR) is 102 cm³/mol. The molecule has 0 amide bonds. The van der Waals surface area contributed by atoms with E-state index in [-0.39, 0.29) is 33.3 Å². The van der Waals surface area contributed by atoms with Crippen molar-refractivity contribution < 1.29 is 36.5 Å². The Morgan fingerprint density at radius 2 is 1.83 bits per heavy atom. The number of halogens is 5. The van der Waals surface area contributed by atoms with Crippen LogP contribution < -0.4 is 9.47 Å². The van der Waals surface area contributed by atoms with Gasteiger partial charge >= 0.3 is 6.18 Å². The molecule has 3 rings (SSSR count). The second-order valence-electron chi connectivity index (χ2n) is 6.68. The molecule has 0 spiro atoms. The number of nitrogens with zero attached hydrogens (tertiary/aromatic N) is 1. The molecule has 0 aliphatic rings. The maximum absolute atomic E-state index is 13.8. The molecule has 10 heteroatoms. The molecule has 1 heterocycles. The highest BCUT2D eigenvalue weighted by Gasteiger charge is 2.51. The van der Waals surface area contributed by atoms with Crippen molar-refractivity contribution >= 4 is 21.6 Å². The third kappa shape index (κ3) is 4.49. The Bertz CT molecular complexity index is 1050. The van der Waals surface area contributed by atoms with Gasteiger partial charge < -0.3 is 14.6 Å². The largest absolute Gasteiger partial charge is 0.493 e. The lowest BCUT2D eigenvalue weighted by Gasteiger charge is -2.29. The molecule has 162 valence electrons. The SMILES string of the molecule is CCC(O)(CCc1ccc(Oc2nc3c(F)cc(F)cc3s2)c(OC)c1)C(F)(F)F. The van der Waals surface area contributed by atoms with Crippen molar-refractivity contribution in [2.75, 3.05) is 7.11 Å². The van der Waals surface area contributed by atoms with E-state index >= 15 is 0 Å². The van der Waals surface area contributed by atoms with Crippen molar-refractivity contribution in [3.05, 3.63) is 47.5 Å². The van der Waals surface area contributed by atoms with E-state index in [1.54, 1.807) is 0 Å². The van der Waals surface area contributed by atoms with Crippen molar-refractivity contribution in [3.8, 4) is 16.7 Å². The van der Waals surface area contributed by atoms with Gasteiger partial charge in [0.15, 0.2) is 22.9 Å². The summed E-state index contributed by atoms with van der Waals surface area (Å²) >= 11 is 0.936. The van der Waals surface area contributed by atoms with Crippen LogP contribution in [0.1, 0.15) is 25.3 Å². The molecule has 2 aromatic carbocycles. The van der Waals surface area contributed by atoms with Gasteiger partial charge in [0, 0.05) is 6.07 Å². The van der Waals surface area contributed by atoms with Crippen molar-refractivity contribution in [1.29, 1.82) is 0 Å². The van der Waals surface area contributed by atoms with E-state index in [2.05, 4.69) is 4.98 Å². The third-order valence-corrected chi connectivity index (χ3v) is 5.64. The zero-order valence-corrected chi connectivity index (χ0v) is 16.8. The molecular weight excluding hydrogens is 429 g/mol. The minimum atomic E-state index is -4.73. The molecule has 0 aliphatic heterocycles. The van der Waals surface area contributed by atoms with Crippen LogP contribution in [0.25, 0.3) is 10.2 Å². The topological polar surface area (TPSA) is 51.6 Å². The van der Waals surface area contributed by atoms with Crippen LogP contribution >= 0.6 is 11.3 Å². The van der Waals surface area contributed by atoms with Gasteiger partial charge in [0.25, 0.3) is 5.19 Å². The van der Waals surface area contributed by atoms with Crippen LogP contribution in [0.15, 0.2) is 30.3 Å². The van der Waals surface area contributed by atoms with Gasteiger partial charge in [-0.3, -0.25) is 0 Å². The lowest BCUT2D eigenvalue weighted by atomic mass is 9.91. The summed E-state index contributed by atoms with van der Waals surface area (Å²) in [5.41, 5.74) is -2.29. The Labute approximate surface area is 172 Å². The summed E-state index contributed by atoms with van der Waals surface area (Å²) in [5, 5.41) is 9.91. The first-order chi connectivity index (χ1) is 14.1. The first kappa shape index (κ1) is 22.2. The number of benzene rings is 2. The van der Waals surface area contributed by atoms with E-state index < -0.39 is 36.3 Å². The molecule has 3 aromatic rings. The van der Waals surface area contributed by atoms with Gasteiger partial charge in [-0.05, 0) is 43.0 Å². The number of aromatic nitrogens is 1. The number of hydrogen-bond acceptors (Lipinski definition) is 5. The van der Waals surface area contributed by atoms with Crippen LogP contribution in [-0.2, 0) is 6.42 Å². The predicted octanol–water partition coefficient (Wildman–Crippen LogP) is 6.01. The number of thiazole rings is 1. The standard InChI is InChI=1S/C20H18F5NO3S/c1-3-19(27,20(23,24)25)7-6-11-4-5-14(15(8-11)28-2)29-18-26-17-13(22)9-12(21)10-16(17)30-18/h4-5,8-10,27H,3,6-7H2,1-2H3. The quantitative estimate of drug-likeness (QED) is 0.451. The summed E-state index contributed by atoms with van der Waals surface area (Å²) in [7, 11) is 1.36. The number of aliphatic hydroxyl groups is 1. The highest BCUT2D eigenvalue weighted by atomic mass is 32.1. The highest BCUT2D eigenvalue weighted by molar-refractivity contribution is 7.20. The summed E-state index contributed by atoms with van der Waals surface area (Å²) in [6, 6.07) is 6.38. The van der Waals surface area contributed by atoms with Crippen molar-refractivity contribution in [1.82, 2.24) is 4.98 Å². The monoisotopic (exact) mass is 447 g/mol. The van der Waals surface area contributed by atoms with Crippen LogP contribution in [0.2, 0.25) is 0 Å². The maximum Gasteiger partial charge on any atom is 0.417 e. The Balaban J connectivity index is 1.80. The average molecular weight is 447 g/mol. The molecule has 1 unspecified atom stereocenters. The summed E-state index contributed by atoms with van der Waals surface area (Å²) in [6.45, 7) is 1.28. The Morgan fingerprint density at radius 1 is 1.10 bits per heavy atom. The van der Waals surface area contributed by atoms with Crippen LogP contribution in [0.5, 0.6) is 16.7 Å². The number of methoxy groups -OCH3 is 1. The molecular formula is C20H18F5NO3S. The fourth-order valence-corrected chi connectivity index (χ4v) is 3.76. The fraction of sp³-hybridized carbons (Fsp3) is 0.350. The summed E-state index contributed by atoms with van der Waals surface area (Å²) < 4.78 is 77.4. The van der Waals surface area contributed by atoms with Crippen LogP contribution in [0.4, 0.5) is 22.0 Å². The van der Waals surface area contributed by atoms with Gasteiger partial charge in [-0.25, -0.2) is 8.78 Å². The highest BCUT2D eigenvalue weighted by Crippen LogP contribution is 2.39. The van der Waals surface area contributed by atoms with E-state index in [9.17, 15) is 27.1 Å². The minimum Gasteiger partial charge on any atom is -0.493 e. The number of hydrogen-bond donors (Lipinski definition) is 1. The fourth-order valence-electron chi connectivity index (χ4n) is 2.90. The Hall–Kier alpha value is -2.46. The van der Waals surface area contributed by atoms with Gasteiger partial charge in [0.1, 0.15) is 11.3 Å². The lowest BCUT2D eigenvalue weighted by molar-refractivity contribution is -0.263. The molecule has 0 fully saturated rings. The first-order valence-electron chi connectivity index (χ1n) is 8.96. The number of alkyl halides is 3. The summed E-state index contributed by atoms with van der Waals surface area (Å²) in [6.07, 6.45) is -5.72. The smallest absolute Gasteiger partial charge is 0.417 e. The number of aryl methyl sites for hydroxylation is 1. The van der Waals surface area contributed by atoms with Crippen LogP contribution in [0.3, 0.4) is 0 Å². The molecule has 1 N–H and O–H groups in total. The Kier molecular flexibility index (Phi) is 6.19. The maximum atomic E-state index is 13.8. The van der Waals surface area contributed by atoms with Crippen molar-refractivity contribution in [3.63, 3.8) is 0 Å².